The highest BCUT2D eigenvalue weighted by Crippen LogP contribution is 2.45. The van der Waals surface area contributed by atoms with Crippen LogP contribution < -0.4 is 0 Å². The largest absolute Gasteiger partial charge is 0.472 e. The number of ether oxygens (including phenoxy) is 4. The third-order valence-corrected chi connectivity index (χ3v) is 19.2. The first kappa shape index (κ1) is 103. The van der Waals surface area contributed by atoms with E-state index in [9.17, 15) is 43.2 Å². The number of hydrogen-bond acceptors (Lipinski definition) is 15. The normalized spacial score (nSPS) is 14.5. The maximum Gasteiger partial charge on any atom is 0.472 e. The maximum absolute atomic E-state index is 13.1. The van der Waals surface area contributed by atoms with Gasteiger partial charge in [0, 0.05) is 25.7 Å². The SMILES string of the molecule is CC/C=C\C/C=C\C/C=C\C/C=C\CCCCCCCCC(=O)OCC(COP(=O)(O)OCC(O)COP(=O)(O)OCC(COC(=O)CCCCCCCC/C=C\C/C=C\C/C=C\C/C=C\CC)OC(=O)CCCCCCCCCCCCCCCCC)OC(=O)CCCC/C=C\C/C=C\C/C=C\C/C=C\CC. The first-order valence-electron chi connectivity index (χ1n) is 42.1. The summed E-state index contributed by atoms with van der Waals surface area (Å²) in [6.45, 7) is 4.49. The molecule has 108 heavy (non-hydrogen) atoms. The lowest BCUT2D eigenvalue weighted by atomic mass is 10.0. The molecule has 17 nitrogen and oxygen atoms in total. The van der Waals surface area contributed by atoms with E-state index in [4.69, 9.17) is 37.0 Å². The molecule has 0 aliphatic rings. The number of phosphoric acid groups is 2. The van der Waals surface area contributed by atoms with Crippen LogP contribution >= 0.6 is 15.6 Å². The van der Waals surface area contributed by atoms with Crippen molar-refractivity contribution in [3.05, 3.63) is 146 Å². The molecular formula is C89H150O17P2. The van der Waals surface area contributed by atoms with Crippen LogP contribution in [0, 0.1) is 0 Å². The van der Waals surface area contributed by atoms with E-state index < -0.39 is 97.5 Å². The third-order valence-electron chi connectivity index (χ3n) is 17.3. The van der Waals surface area contributed by atoms with Crippen molar-refractivity contribution in [2.75, 3.05) is 39.6 Å². The van der Waals surface area contributed by atoms with Gasteiger partial charge in [-0.2, -0.15) is 0 Å². The van der Waals surface area contributed by atoms with Gasteiger partial charge in [0.2, 0.25) is 0 Å². The Balaban J connectivity index is 5.41. The summed E-state index contributed by atoms with van der Waals surface area (Å²) in [5, 5.41) is 10.7. The van der Waals surface area contributed by atoms with Crippen molar-refractivity contribution < 1.29 is 80.2 Å². The van der Waals surface area contributed by atoms with E-state index in [1.165, 1.54) is 64.2 Å². The molecule has 5 atom stereocenters. The number of aliphatic hydroxyl groups is 1. The van der Waals surface area contributed by atoms with Crippen molar-refractivity contribution in [2.24, 2.45) is 0 Å². The van der Waals surface area contributed by atoms with Gasteiger partial charge in [-0.05, 0) is 141 Å². The number of unbranched alkanes of at least 4 members (excludes halogenated alkanes) is 28. The summed E-state index contributed by atoms with van der Waals surface area (Å²) in [5.41, 5.74) is 0. The molecule has 0 amide bonds. The fraction of sp³-hybridized carbons (Fsp3) is 0.685. The van der Waals surface area contributed by atoms with Crippen molar-refractivity contribution in [3.8, 4) is 0 Å². The van der Waals surface area contributed by atoms with Crippen molar-refractivity contribution in [2.45, 2.75) is 354 Å². The maximum atomic E-state index is 13.1. The minimum atomic E-state index is -5.00. The second-order valence-corrected chi connectivity index (χ2v) is 30.5. The van der Waals surface area contributed by atoms with Gasteiger partial charge in [0.25, 0.3) is 0 Å². The zero-order chi connectivity index (χ0) is 78.9. The summed E-state index contributed by atoms with van der Waals surface area (Å²) in [7, 11) is -9.99. The van der Waals surface area contributed by atoms with Gasteiger partial charge in [0.05, 0.1) is 26.4 Å². The minimum Gasteiger partial charge on any atom is -0.462 e. The highest BCUT2D eigenvalue weighted by molar-refractivity contribution is 7.47. The van der Waals surface area contributed by atoms with Crippen LogP contribution in [0.15, 0.2) is 146 Å². The molecule has 0 fully saturated rings. The van der Waals surface area contributed by atoms with Crippen LogP contribution in [0.4, 0.5) is 0 Å². The van der Waals surface area contributed by atoms with Gasteiger partial charge >= 0.3 is 39.5 Å². The lowest BCUT2D eigenvalue weighted by Crippen LogP contribution is -2.30. The molecule has 0 radical (unpaired) electrons. The molecule has 0 saturated carbocycles. The van der Waals surface area contributed by atoms with Gasteiger partial charge < -0.3 is 33.8 Å². The van der Waals surface area contributed by atoms with Crippen LogP contribution in [0.5, 0.6) is 0 Å². The number of esters is 4. The second kappa shape index (κ2) is 80.0. The predicted octanol–water partition coefficient (Wildman–Crippen LogP) is 25.0. The van der Waals surface area contributed by atoms with E-state index in [1.807, 2.05) is 0 Å². The van der Waals surface area contributed by atoms with Crippen LogP contribution in [-0.2, 0) is 65.4 Å². The van der Waals surface area contributed by atoms with Gasteiger partial charge in [-0.25, -0.2) is 9.13 Å². The highest BCUT2D eigenvalue weighted by atomic mass is 31.2. The second-order valence-electron chi connectivity index (χ2n) is 27.6. The Labute approximate surface area is 656 Å². The molecule has 0 aliphatic heterocycles. The first-order valence-corrected chi connectivity index (χ1v) is 45.1. The molecule has 0 aliphatic carbocycles. The molecule has 0 aromatic carbocycles. The third kappa shape index (κ3) is 79.0. The minimum absolute atomic E-state index is 0.0357. The molecule has 0 saturated heterocycles. The zero-order valence-corrected chi connectivity index (χ0v) is 69.5. The molecule has 0 heterocycles. The van der Waals surface area contributed by atoms with Crippen molar-refractivity contribution in [3.63, 3.8) is 0 Å². The Kier molecular flexibility index (Phi) is 76.3. The number of rotatable bonds is 78. The number of hydrogen-bond donors (Lipinski definition) is 3. The number of aliphatic hydroxyl groups excluding tert-OH is 1. The fourth-order valence-electron chi connectivity index (χ4n) is 11.0. The van der Waals surface area contributed by atoms with Crippen molar-refractivity contribution >= 4 is 39.5 Å². The number of phosphoric ester groups is 2. The van der Waals surface area contributed by atoms with E-state index in [0.29, 0.717) is 32.1 Å². The summed E-state index contributed by atoms with van der Waals surface area (Å²) >= 11 is 0. The Bertz CT molecular complexity index is 2610. The summed E-state index contributed by atoms with van der Waals surface area (Å²) in [4.78, 5) is 73.2. The number of allylic oxidation sites excluding steroid dienone is 24. The zero-order valence-electron chi connectivity index (χ0n) is 67.7. The molecule has 0 aromatic heterocycles. The van der Waals surface area contributed by atoms with Crippen molar-refractivity contribution in [1.29, 1.82) is 0 Å². The van der Waals surface area contributed by atoms with Gasteiger partial charge in [0.15, 0.2) is 12.2 Å². The standard InChI is InChI=1S/C89H150O17P2/c1-5-9-13-17-21-25-29-33-37-39-41-43-47-49-53-57-61-65-69-73-86(91)99-79-84(105-88(93)75-71-67-63-59-55-51-45-35-31-27-23-19-15-11-7-3)81-103-107(95,96)101-77-83(90)78-102-108(97,98)104-82-85(106-89(94)76-72-68-64-60-56-52-46-36-32-28-24-20-16-12-8-4)80-100-87(92)74-70-66-62-58-54-50-48-44-42-40-38-34-30-26-22-18-14-10-6-2/h9-11,13-15,21-23,25-27,33-35,37-38,41-45,55,59,83-85,90H,5-8,12,16-20,24,28-32,36,39-40,46-54,56-58,60-82H2,1-4H3,(H,95,96)(H,97,98)/b13-9-,14-10-,15-11-,25-21-,26-22-,27-23-,37-33-,38-34-,43-41-,44-42-,45-35-,59-55-. The molecule has 0 bridgehead atoms. The summed E-state index contributed by atoms with van der Waals surface area (Å²) in [6.07, 6.45) is 92.4. The summed E-state index contributed by atoms with van der Waals surface area (Å²) in [5.74, 6) is -2.24. The van der Waals surface area contributed by atoms with Gasteiger partial charge in [-0.3, -0.25) is 37.3 Å². The predicted molar refractivity (Wildman–Crippen MR) is 445 cm³/mol. The van der Waals surface area contributed by atoms with E-state index in [2.05, 4.69) is 174 Å². The number of carbonyl (C=O) groups excluding carboxylic acids is 4. The van der Waals surface area contributed by atoms with Crippen LogP contribution in [0.25, 0.3) is 0 Å². The molecule has 19 heteroatoms. The number of carbonyl (C=O) groups is 4. The lowest BCUT2D eigenvalue weighted by Gasteiger charge is -2.21. The quantitative estimate of drug-likeness (QED) is 0.0169. The Morgan fingerprint density at radius 3 is 0.759 bits per heavy atom. The molecule has 3 N–H and O–H groups in total. The van der Waals surface area contributed by atoms with E-state index in [-0.39, 0.29) is 25.7 Å². The van der Waals surface area contributed by atoms with Crippen LogP contribution in [0.3, 0.4) is 0 Å². The van der Waals surface area contributed by atoms with Crippen LogP contribution in [0.1, 0.15) is 336 Å². The van der Waals surface area contributed by atoms with Gasteiger partial charge in [-0.1, -0.05) is 315 Å². The van der Waals surface area contributed by atoms with E-state index in [1.54, 1.807) is 0 Å². The topological polar surface area (TPSA) is 237 Å². The Hall–Kier alpha value is -5.06. The van der Waals surface area contributed by atoms with Crippen LogP contribution in [-0.4, -0.2) is 96.7 Å². The molecule has 0 rings (SSSR count). The smallest absolute Gasteiger partial charge is 0.462 e. The Morgan fingerprint density at radius 2 is 0.481 bits per heavy atom. The molecule has 0 spiro atoms. The van der Waals surface area contributed by atoms with E-state index >= 15 is 0 Å². The van der Waals surface area contributed by atoms with Gasteiger partial charge in [0.1, 0.15) is 19.3 Å². The van der Waals surface area contributed by atoms with Crippen molar-refractivity contribution in [1.82, 2.24) is 0 Å². The first-order chi connectivity index (χ1) is 52.7. The molecule has 5 unspecified atom stereocenters. The average molecular weight is 1550 g/mol. The highest BCUT2D eigenvalue weighted by Gasteiger charge is 2.30. The average Bonchev–Trinajstić information content (AvgIpc) is 0.923. The molecule has 0 aromatic rings. The molecule has 618 valence electrons. The fourth-order valence-corrected chi connectivity index (χ4v) is 12.6. The molecular weight excluding hydrogens is 1400 g/mol. The van der Waals surface area contributed by atoms with Crippen LogP contribution in [0.2, 0.25) is 0 Å². The summed E-state index contributed by atoms with van der Waals surface area (Å²) in [6, 6.07) is 0. The lowest BCUT2D eigenvalue weighted by molar-refractivity contribution is -0.161. The monoisotopic (exact) mass is 1550 g/mol. The Morgan fingerprint density at radius 1 is 0.269 bits per heavy atom. The summed E-state index contributed by atoms with van der Waals surface area (Å²) < 4.78 is 68.7. The van der Waals surface area contributed by atoms with E-state index in [0.717, 1.165) is 186 Å². The van der Waals surface area contributed by atoms with Gasteiger partial charge in [-0.15, -0.1) is 0 Å².